The van der Waals surface area contributed by atoms with Crippen LogP contribution in [0.4, 0.5) is 11.4 Å². The number of aliphatic carboxylic acids is 1. The van der Waals surface area contributed by atoms with Crippen LogP contribution in [0.15, 0.2) is 24.3 Å². The van der Waals surface area contributed by atoms with E-state index in [2.05, 4.69) is 10.6 Å². The second-order valence-corrected chi connectivity index (χ2v) is 6.09. The molecule has 1 saturated heterocycles. The molecule has 2 aliphatic heterocycles. The maximum Gasteiger partial charge on any atom is 0.350 e. The number of ether oxygens (including phenoxy) is 1. The van der Waals surface area contributed by atoms with Gasteiger partial charge in [-0.3, -0.25) is 0 Å². The molecule has 0 spiro atoms. The Labute approximate surface area is 136 Å². The van der Waals surface area contributed by atoms with E-state index in [4.69, 9.17) is 4.74 Å². The summed E-state index contributed by atoms with van der Waals surface area (Å²) in [5, 5.41) is 16.8. The van der Waals surface area contributed by atoms with Crippen molar-refractivity contribution >= 4 is 17.3 Å². The SMILES string of the molecule is CCOCCN1c2ccccc2NC1(C(=O)O)C1CCNCC1. The number of hydrogen-bond acceptors (Lipinski definition) is 5. The zero-order chi connectivity index (χ0) is 16.3. The minimum atomic E-state index is -1.08. The molecular weight excluding hydrogens is 294 g/mol. The molecule has 0 amide bonds. The number of nitrogens with zero attached hydrogens (tertiary/aromatic N) is 1. The number of anilines is 2. The van der Waals surface area contributed by atoms with Crippen molar-refractivity contribution in [3.63, 3.8) is 0 Å². The van der Waals surface area contributed by atoms with Gasteiger partial charge in [-0.25, -0.2) is 4.79 Å². The first kappa shape index (κ1) is 16.1. The molecular formula is C17H25N3O3. The van der Waals surface area contributed by atoms with Crippen molar-refractivity contribution in [2.75, 3.05) is 43.1 Å². The van der Waals surface area contributed by atoms with Gasteiger partial charge >= 0.3 is 5.97 Å². The van der Waals surface area contributed by atoms with E-state index in [1.54, 1.807) is 0 Å². The van der Waals surface area contributed by atoms with Gasteiger partial charge in [0.15, 0.2) is 0 Å². The third-order valence-corrected chi connectivity index (χ3v) is 4.87. The third kappa shape index (κ3) is 2.77. The molecule has 0 bridgehead atoms. The van der Waals surface area contributed by atoms with Gasteiger partial charge in [0, 0.05) is 19.1 Å². The number of nitrogens with one attached hydrogen (secondary N) is 2. The summed E-state index contributed by atoms with van der Waals surface area (Å²) in [5.41, 5.74) is 0.765. The Kier molecular flexibility index (Phi) is 4.73. The number of piperidine rings is 1. The van der Waals surface area contributed by atoms with Crippen LogP contribution >= 0.6 is 0 Å². The lowest BCUT2D eigenvalue weighted by Crippen LogP contribution is -2.64. The number of carboxylic acid groups (broad SMARTS) is 1. The smallest absolute Gasteiger partial charge is 0.350 e. The Morgan fingerprint density at radius 2 is 2.13 bits per heavy atom. The van der Waals surface area contributed by atoms with E-state index in [1.165, 1.54) is 0 Å². The van der Waals surface area contributed by atoms with Crippen molar-refractivity contribution in [1.82, 2.24) is 5.32 Å². The van der Waals surface area contributed by atoms with E-state index in [9.17, 15) is 9.90 Å². The van der Waals surface area contributed by atoms with E-state index in [0.29, 0.717) is 19.8 Å². The molecule has 1 aromatic rings. The first-order chi connectivity index (χ1) is 11.2. The van der Waals surface area contributed by atoms with Gasteiger partial charge in [-0.15, -0.1) is 0 Å². The highest BCUT2D eigenvalue weighted by Crippen LogP contribution is 2.45. The van der Waals surface area contributed by atoms with Crippen LogP contribution in [0.1, 0.15) is 19.8 Å². The van der Waals surface area contributed by atoms with E-state index >= 15 is 0 Å². The quantitative estimate of drug-likeness (QED) is 0.694. The van der Waals surface area contributed by atoms with Crippen LogP contribution in [0.3, 0.4) is 0 Å². The summed E-state index contributed by atoms with van der Waals surface area (Å²) in [6, 6.07) is 7.83. The van der Waals surface area contributed by atoms with Gasteiger partial charge in [-0.05, 0) is 45.0 Å². The standard InChI is InChI=1S/C17H25N3O3/c1-2-23-12-11-20-15-6-4-3-5-14(15)19-17(20,16(21)22)13-7-9-18-10-8-13/h3-6,13,18-19H,2,7-12H2,1H3,(H,21,22). The molecule has 0 saturated carbocycles. The number of hydrogen-bond donors (Lipinski definition) is 3. The Morgan fingerprint density at radius 1 is 1.39 bits per heavy atom. The van der Waals surface area contributed by atoms with Crippen LogP contribution in [0.5, 0.6) is 0 Å². The van der Waals surface area contributed by atoms with Crippen LogP contribution < -0.4 is 15.5 Å². The number of fused-ring (bicyclic) bond motifs is 1. The van der Waals surface area contributed by atoms with Crippen LogP contribution in [0.25, 0.3) is 0 Å². The second kappa shape index (κ2) is 6.76. The lowest BCUT2D eigenvalue weighted by molar-refractivity contribution is -0.144. The molecule has 6 heteroatoms. The maximum absolute atomic E-state index is 12.4. The van der Waals surface area contributed by atoms with Crippen molar-refractivity contribution in [3.8, 4) is 0 Å². The normalized spacial score (nSPS) is 24.3. The molecule has 6 nitrogen and oxygen atoms in total. The molecule has 3 N–H and O–H groups in total. The topological polar surface area (TPSA) is 73.8 Å². The molecule has 0 radical (unpaired) electrons. The molecule has 126 valence electrons. The van der Waals surface area contributed by atoms with Gasteiger partial charge in [0.25, 0.3) is 0 Å². The molecule has 0 aromatic heterocycles. The zero-order valence-corrected chi connectivity index (χ0v) is 13.5. The Bertz CT molecular complexity index is 560. The number of para-hydroxylation sites is 2. The lowest BCUT2D eigenvalue weighted by Gasteiger charge is -2.43. The minimum absolute atomic E-state index is 0.0512. The molecule has 1 atom stereocenters. The van der Waals surface area contributed by atoms with Crippen molar-refractivity contribution in [2.24, 2.45) is 5.92 Å². The number of benzene rings is 1. The highest BCUT2D eigenvalue weighted by atomic mass is 16.5. The predicted molar refractivity (Wildman–Crippen MR) is 89.9 cm³/mol. The molecule has 1 aromatic carbocycles. The second-order valence-electron chi connectivity index (χ2n) is 6.09. The number of carbonyl (C=O) groups is 1. The summed E-state index contributed by atoms with van der Waals surface area (Å²) in [6.07, 6.45) is 1.69. The lowest BCUT2D eigenvalue weighted by atomic mass is 9.83. The summed E-state index contributed by atoms with van der Waals surface area (Å²) in [6.45, 7) is 5.39. The van der Waals surface area contributed by atoms with Crippen LogP contribution in [-0.4, -0.2) is 49.6 Å². The summed E-state index contributed by atoms with van der Waals surface area (Å²) < 4.78 is 5.50. The van der Waals surface area contributed by atoms with E-state index in [-0.39, 0.29) is 5.92 Å². The highest BCUT2D eigenvalue weighted by Gasteiger charge is 2.55. The first-order valence-corrected chi connectivity index (χ1v) is 8.37. The Morgan fingerprint density at radius 3 is 2.83 bits per heavy atom. The fraction of sp³-hybridized carbons (Fsp3) is 0.588. The average Bonchev–Trinajstić information content (AvgIpc) is 2.92. The Balaban J connectivity index is 1.97. The van der Waals surface area contributed by atoms with E-state index in [1.807, 2.05) is 36.1 Å². The molecule has 1 fully saturated rings. The monoisotopic (exact) mass is 319 g/mol. The van der Waals surface area contributed by atoms with E-state index in [0.717, 1.165) is 37.3 Å². The van der Waals surface area contributed by atoms with Crippen molar-refractivity contribution in [3.05, 3.63) is 24.3 Å². The van der Waals surface area contributed by atoms with Gasteiger partial charge in [0.1, 0.15) is 0 Å². The third-order valence-electron chi connectivity index (χ3n) is 4.87. The van der Waals surface area contributed by atoms with Gasteiger partial charge in [-0.2, -0.15) is 0 Å². The summed E-state index contributed by atoms with van der Waals surface area (Å²) in [7, 11) is 0. The van der Waals surface area contributed by atoms with Crippen LogP contribution in [-0.2, 0) is 9.53 Å². The molecule has 2 heterocycles. The molecule has 3 rings (SSSR count). The fourth-order valence-electron chi connectivity index (χ4n) is 3.78. The van der Waals surface area contributed by atoms with Crippen LogP contribution in [0.2, 0.25) is 0 Å². The van der Waals surface area contributed by atoms with Crippen molar-refractivity contribution in [2.45, 2.75) is 25.4 Å². The maximum atomic E-state index is 12.4. The minimum Gasteiger partial charge on any atom is -0.478 e. The largest absolute Gasteiger partial charge is 0.478 e. The summed E-state index contributed by atoms with van der Waals surface area (Å²) in [5.74, 6) is -0.757. The Hall–Kier alpha value is -1.79. The molecule has 23 heavy (non-hydrogen) atoms. The summed E-state index contributed by atoms with van der Waals surface area (Å²) in [4.78, 5) is 14.4. The summed E-state index contributed by atoms with van der Waals surface area (Å²) >= 11 is 0. The molecule has 1 unspecified atom stereocenters. The highest BCUT2D eigenvalue weighted by molar-refractivity contribution is 5.94. The number of rotatable bonds is 6. The van der Waals surface area contributed by atoms with Crippen molar-refractivity contribution in [1.29, 1.82) is 0 Å². The predicted octanol–water partition coefficient (Wildman–Crippen LogP) is 1.74. The van der Waals surface area contributed by atoms with Crippen molar-refractivity contribution < 1.29 is 14.6 Å². The first-order valence-electron chi connectivity index (χ1n) is 8.37. The molecule has 0 aliphatic carbocycles. The zero-order valence-electron chi connectivity index (χ0n) is 13.5. The van der Waals surface area contributed by atoms with E-state index < -0.39 is 11.6 Å². The average molecular weight is 319 g/mol. The van der Waals surface area contributed by atoms with Gasteiger partial charge in [-0.1, -0.05) is 12.1 Å². The van der Waals surface area contributed by atoms with Gasteiger partial charge in [0.05, 0.1) is 18.0 Å². The van der Waals surface area contributed by atoms with Crippen LogP contribution in [0, 0.1) is 5.92 Å². The number of carboxylic acids is 1. The fourth-order valence-corrected chi connectivity index (χ4v) is 3.78. The van der Waals surface area contributed by atoms with Gasteiger partial charge < -0.3 is 25.4 Å². The van der Waals surface area contributed by atoms with Gasteiger partial charge in [0.2, 0.25) is 5.66 Å². The molecule has 2 aliphatic rings.